The Morgan fingerprint density at radius 3 is 2.67 bits per heavy atom. The molecule has 0 bridgehead atoms. The molecule has 1 aromatic rings. The van der Waals surface area contributed by atoms with Crippen molar-refractivity contribution in [3.05, 3.63) is 17.3 Å². The summed E-state index contributed by atoms with van der Waals surface area (Å²) in [6.45, 7) is 0. The molecule has 1 heterocycles. The molecule has 2 nitrogen and oxygen atoms in total. The number of nitrogens with two attached hydrogens (primary N) is 1. The van der Waals surface area contributed by atoms with Crippen LogP contribution in [0.25, 0.3) is 0 Å². The van der Waals surface area contributed by atoms with Crippen LogP contribution in [0.15, 0.2) is 15.7 Å². The van der Waals surface area contributed by atoms with Crippen molar-refractivity contribution in [3.63, 3.8) is 0 Å². The second-order valence-corrected chi connectivity index (χ2v) is 3.59. The SMILES string of the molecule is NS(=O)c1cc(F)cs1. The fourth-order valence-electron chi connectivity index (χ4n) is 0.400. The Labute approximate surface area is 58.1 Å². The predicted molar refractivity (Wildman–Crippen MR) is 34.9 cm³/mol. The third-order valence-electron chi connectivity index (χ3n) is 0.742. The van der Waals surface area contributed by atoms with Gasteiger partial charge >= 0.3 is 0 Å². The van der Waals surface area contributed by atoms with E-state index in [-0.39, 0.29) is 5.82 Å². The van der Waals surface area contributed by atoms with E-state index in [1.165, 1.54) is 11.4 Å². The molecule has 1 atom stereocenters. The quantitative estimate of drug-likeness (QED) is 0.659. The van der Waals surface area contributed by atoms with Crippen molar-refractivity contribution in [1.29, 1.82) is 0 Å². The lowest BCUT2D eigenvalue weighted by atomic mass is 10.6. The number of hydrogen-bond donors (Lipinski definition) is 1. The van der Waals surface area contributed by atoms with E-state index in [0.29, 0.717) is 4.21 Å². The summed E-state index contributed by atoms with van der Waals surface area (Å²) in [6.07, 6.45) is 0. The molecule has 0 aliphatic rings. The van der Waals surface area contributed by atoms with Gasteiger partial charge in [0.25, 0.3) is 0 Å². The molecule has 0 radical (unpaired) electrons. The molecular formula is C4H4FNOS2. The van der Waals surface area contributed by atoms with Gasteiger partial charge in [-0.1, -0.05) is 0 Å². The van der Waals surface area contributed by atoms with Crippen LogP contribution in [-0.4, -0.2) is 4.21 Å². The van der Waals surface area contributed by atoms with E-state index >= 15 is 0 Å². The Kier molecular flexibility index (Phi) is 1.94. The summed E-state index contributed by atoms with van der Waals surface area (Å²) in [5.41, 5.74) is 0. The van der Waals surface area contributed by atoms with E-state index in [4.69, 9.17) is 5.14 Å². The van der Waals surface area contributed by atoms with Crippen molar-refractivity contribution < 1.29 is 8.60 Å². The highest BCUT2D eigenvalue weighted by Gasteiger charge is 2.00. The topological polar surface area (TPSA) is 43.1 Å². The average Bonchev–Trinajstić information content (AvgIpc) is 2.14. The van der Waals surface area contributed by atoms with Gasteiger partial charge in [-0.05, 0) is 0 Å². The normalized spacial score (nSPS) is 13.6. The van der Waals surface area contributed by atoms with E-state index in [2.05, 4.69) is 0 Å². The molecule has 1 rings (SSSR count). The molecule has 0 aliphatic carbocycles. The standard InChI is InChI=1S/C4H4FNOS2/c5-3-1-4(8-2-3)9(6)7/h1-2H,6H2. The van der Waals surface area contributed by atoms with Gasteiger partial charge in [0, 0.05) is 11.4 Å². The van der Waals surface area contributed by atoms with Crippen LogP contribution in [-0.2, 0) is 11.0 Å². The first-order valence-electron chi connectivity index (χ1n) is 2.10. The Bertz CT molecular complexity index is 234. The smallest absolute Gasteiger partial charge is 0.135 e. The first kappa shape index (κ1) is 6.85. The van der Waals surface area contributed by atoms with Gasteiger partial charge < -0.3 is 0 Å². The Balaban J connectivity index is 2.98. The number of thiophene rings is 1. The lowest BCUT2D eigenvalue weighted by Crippen LogP contribution is -1.99. The highest BCUT2D eigenvalue weighted by Crippen LogP contribution is 2.14. The van der Waals surface area contributed by atoms with Crippen LogP contribution in [0.1, 0.15) is 0 Å². The summed E-state index contributed by atoms with van der Waals surface area (Å²) in [5.74, 6) is -0.381. The van der Waals surface area contributed by atoms with E-state index in [1.807, 2.05) is 0 Å². The summed E-state index contributed by atoms with van der Waals surface area (Å²) in [6, 6.07) is 1.17. The molecule has 1 aromatic heterocycles. The van der Waals surface area contributed by atoms with Crippen LogP contribution in [0.3, 0.4) is 0 Å². The molecule has 1 unspecified atom stereocenters. The molecule has 9 heavy (non-hydrogen) atoms. The number of halogens is 1. The van der Waals surface area contributed by atoms with Gasteiger partial charge in [0.2, 0.25) is 0 Å². The fraction of sp³-hybridized carbons (Fsp3) is 0. The first-order chi connectivity index (χ1) is 4.20. The molecule has 0 spiro atoms. The molecule has 2 N–H and O–H groups in total. The molecule has 0 saturated heterocycles. The summed E-state index contributed by atoms with van der Waals surface area (Å²) in [7, 11) is -1.53. The minimum absolute atomic E-state index is 0.368. The largest absolute Gasteiger partial charge is 0.247 e. The van der Waals surface area contributed by atoms with Crippen LogP contribution in [0.4, 0.5) is 4.39 Å². The zero-order valence-electron chi connectivity index (χ0n) is 4.33. The average molecular weight is 165 g/mol. The second kappa shape index (κ2) is 2.55. The zero-order chi connectivity index (χ0) is 6.85. The van der Waals surface area contributed by atoms with E-state index in [1.54, 1.807) is 0 Å². The van der Waals surface area contributed by atoms with Crippen LogP contribution >= 0.6 is 11.3 Å². The van der Waals surface area contributed by atoms with Crippen LogP contribution in [0.5, 0.6) is 0 Å². The van der Waals surface area contributed by atoms with Gasteiger partial charge in [0.15, 0.2) is 0 Å². The van der Waals surface area contributed by atoms with Crippen molar-refractivity contribution in [2.45, 2.75) is 4.21 Å². The summed E-state index contributed by atoms with van der Waals surface area (Å²) in [4.78, 5) is 0. The first-order valence-corrected chi connectivity index (χ1v) is 4.19. The highest BCUT2D eigenvalue weighted by atomic mass is 32.2. The van der Waals surface area contributed by atoms with Crippen molar-refractivity contribution in [1.82, 2.24) is 0 Å². The molecule has 0 aliphatic heterocycles. The fourth-order valence-corrected chi connectivity index (χ4v) is 1.63. The maximum Gasteiger partial charge on any atom is 0.135 e. The maximum absolute atomic E-state index is 12.1. The van der Waals surface area contributed by atoms with Crippen LogP contribution in [0.2, 0.25) is 0 Å². The molecule has 0 amide bonds. The van der Waals surface area contributed by atoms with Gasteiger partial charge in [0.1, 0.15) is 21.0 Å². The van der Waals surface area contributed by atoms with Crippen molar-refractivity contribution in [2.75, 3.05) is 0 Å². The summed E-state index contributed by atoms with van der Waals surface area (Å²) < 4.78 is 22.9. The van der Waals surface area contributed by atoms with Gasteiger partial charge in [0.05, 0.1) is 0 Å². The van der Waals surface area contributed by atoms with Crippen LogP contribution < -0.4 is 5.14 Å². The summed E-state index contributed by atoms with van der Waals surface area (Å²) >= 11 is 1.06. The number of hydrogen-bond acceptors (Lipinski definition) is 2. The molecule has 50 valence electrons. The monoisotopic (exact) mass is 165 g/mol. The molecule has 0 saturated carbocycles. The van der Waals surface area contributed by atoms with Crippen LogP contribution in [0, 0.1) is 5.82 Å². The van der Waals surface area contributed by atoms with E-state index < -0.39 is 11.0 Å². The lowest BCUT2D eigenvalue weighted by molar-refractivity contribution is 0.630. The number of rotatable bonds is 1. The third kappa shape index (κ3) is 1.57. The highest BCUT2D eigenvalue weighted by molar-refractivity contribution is 7.85. The van der Waals surface area contributed by atoms with Gasteiger partial charge in [-0.15, -0.1) is 11.3 Å². The lowest BCUT2D eigenvalue weighted by Gasteiger charge is -1.81. The van der Waals surface area contributed by atoms with Crippen molar-refractivity contribution >= 4 is 22.3 Å². The third-order valence-corrected chi connectivity index (χ3v) is 2.73. The van der Waals surface area contributed by atoms with Crippen molar-refractivity contribution in [2.24, 2.45) is 5.14 Å². The summed E-state index contributed by atoms with van der Waals surface area (Å²) in [5, 5.41) is 6.21. The van der Waals surface area contributed by atoms with Crippen molar-refractivity contribution in [3.8, 4) is 0 Å². The minimum atomic E-state index is -1.53. The van der Waals surface area contributed by atoms with E-state index in [0.717, 1.165) is 11.3 Å². The molecular weight excluding hydrogens is 161 g/mol. The molecule has 0 fully saturated rings. The van der Waals surface area contributed by atoms with E-state index in [9.17, 15) is 8.60 Å². The minimum Gasteiger partial charge on any atom is -0.247 e. The van der Waals surface area contributed by atoms with Gasteiger partial charge in [-0.3, -0.25) is 0 Å². The van der Waals surface area contributed by atoms with Gasteiger partial charge in [-0.2, -0.15) is 0 Å². The molecule has 5 heteroatoms. The molecule has 0 aromatic carbocycles. The predicted octanol–water partition coefficient (Wildman–Crippen LogP) is 0.869. The Morgan fingerprint density at radius 2 is 2.44 bits per heavy atom. The maximum atomic E-state index is 12.1. The Morgan fingerprint density at radius 1 is 1.78 bits per heavy atom. The van der Waals surface area contributed by atoms with Gasteiger partial charge in [-0.25, -0.2) is 13.7 Å². The second-order valence-electron chi connectivity index (χ2n) is 1.38. The Hall–Kier alpha value is -0.260. The zero-order valence-corrected chi connectivity index (χ0v) is 5.97.